The fourth-order valence-corrected chi connectivity index (χ4v) is 2.35. The third-order valence-corrected chi connectivity index (χ3v) is 3.52. The molecule has 0 amide bonds. The fourth-order valence-electron chi connectivity index (χ4n) is 2.35. The summed E-state index contributed by atoms with van der Waals surface area (Å²) in [5.41, 5.74) is 0.141. The van der Waals surface area contributed by atoms with Gasteiger partial charge in [0.15, 0.2) is 0 Å². The Bertz CT molecular complexity index is 421. The summed E-state index contributed by atoms with van der Waals surface area (Å²) in [5.74, 6) is 0. The lowest BCUT2D eigenvalue weighted by molar-refractivity contribution is -0.137. The van der Waals surface area contributed by atoms with Crippen LogP contribution in [0, 0.1) is 0 Å². The molecule has 0 aromatic heterocycles. The maximum absolute atomic E-state index is 12.5. The summed E-state index contributed by atoms with van der Waals surface area (Å²) in [4.78, 5) is 0. The number of alkyl halides is 3. The van der Waals surface area contributed by atoms with E-state index in [0.717, 1.165) is 30.7 Å². The molecule has 0 spiro atoms. The van der Waals surface area contributed by atoms with Crippen LogP contribution in [0.1, 0.15) is 37.4 Å². The average Bonchev–Trinajstić information content (AvgIpc) is 2.75. The van der Waals surface area contributed by atoms with Crippen LogP contribution >= 0.6 is 0 Å². The second kappa shape index (κ2) is 5.13. The molecule has 2 rings (SSSR count). The van der Waals surface area contributed by atoms with E-state index < -0.39 is 11.7 Å². The first-order valence-corrected chi connectivity index (χ1v) is 6.33. The summed E-state index contributed by atoms with van der Waals surface area (Å²) in [6.07, 6.45) is -3.36. The molecule has 1 aliphatic heterocycles. The Kier molecular flexibility index (Phi) is 3.87. The van der Waals surface area contributed by atoms with Gasteiger partial charge in [-0.3, -0.25) is 0 Å². The highest BCUT2D eigenvalue weighted by Crippen LogP contribution is 2.30. The predicted octanol–water partition coefficient (Wildman–Crippen LogP) is 3.54. The molecule has 0 saturated carbocycles. The van der Waals surface area contributed by atoms with Gasteiger partial charge in [0.25, 0.3) is 0 Å². The lowest BCUT2D eigenvalue weighted by atomic mass is 9.98. The molecule has 0 bridgehead atoms. The Labute approximate surface area is 111 Å². The van der Waals surface area contributed by atoms with Crippen molar-refractivity contribution in [2.45, 2.75) is 38.0 Å². The third-order valence-electron chi connectivity index (χ3n) is 3.52. The van der Waals surface area contributed by atoms with E-state index in [9.17, 15) is 13.2 Å². The monoisotopic (exact) mass is 273 g/mol. The van der Waals surface area contributed by atoms with Gasteiger partial charge in [-0.15, -0.1) is 0 Å². The molecule has 1 saturated heterocycles. The first-order valence-electron chi connectivity index (χ1n) is 6.33. The van der Waals surface area contributed by atoms with Gasteiger partial charge in [-0.2, -0.15) is 13.2 Å². The van der Waals surface area contributed by atoms with Crippen LogP contribution in [0.4, 0.5) is 13.2 Å². The molecule has 1 aliphatic rings. The van der Waals surface area contributed by atoms with E-state index in [1.807, 2.05) is 6.92 Å². The van der Waals surface area contributed by atoms with Gasteiger partial charge in [0.05, 0.1) is 12.2 Å². The molecular weight excluding hydrogens is 255 g/mol. The van der Waals surface area contributed by atoms with Gasteiger partial charge in [-0.1, -0.05) is 12.1 Å². The number of nitrogens with one attached hydrogen (secondary N) is 1. The molecule has 1 heterocycles. The van der Waals surface area contributed by atoms with Crippen LogP contribution in [-0.2, 0) is 10.9 Å². The van der Waals surface area contributed by atoms with Crippen molar-refractivity contribution >= 4 is 0 Å². The van der Waals surface area contributed by atoms with Crippen LogP contribution in [0.3, 0.4) is 0 Å². The number of benzene rings is 1. The largest absolute Gasteiger partial charge is 0.416 e. The third kappa shape index (κ3) is 3.48. The van der Waals surface area contributed by atoms with E-state index in [0.29, 0.717) is 6.61 Å². The standard InChI is InChI=1S/C14H18F3NO/c1-10(18-13(2)7-8-19-9-13)11-3-5-12(6-4-11)14(15,16)17/h3-6,10,18H,7-9H2,1-2H3. The van der Waals surface area contributed by atoms with Gasteiger partial charge in [-0.25, -0.2) is 0 Å². The number of ether oxygens (including phenoxy) is 1. The minimum atomic E-state index is -4.28. The van der Waals surface area contributed by atoms with Crippen molar-refractivity contribution in [3.8, 4) is 0 Å². The zero-order valence-corrected chi connectivity index (χ0v) is 11.1. The molecule has 2 atom stereocenters. The Morgan fingerprint density at radius 1 is 1.26 bits per heavy atom. The summed E-state index contributed by atoms with van der Waals surface area (Å²) >= 11 is 0. The van der Waals surface area contributed by atoms with Crippen molar-refractivity contribution in [1.29, 1.82) is 0 Å². The summed E-state index contributed by atoms with van der Waals surface area (Å²) < 4.78 is 42.8. The quantitative estimate of drug-likeness (QED) is 0.909. The van der Waals surface area contributed by atoms with Gasteiger partial charge in [-0.05, 0) is 38.0 Å². The maximum atomic E-state index is 12.5. The SMILES string of the molecule is CC(NC1(C)CCOC1)c1ccc(C(F)(F)F)cc1. The van der Waals surface area contributed by atoms with E-state index >= 15 is 0 Å². The lowest BCUT2D eigenvalue weighted by Gasteiger charge is -2.28. The highest BCUT2D eigenvalue weighted by atomic mass is 19.4. The smallest absolute Gasteiger partial charge is 0.379 e. The predicted molar refractivity (Wildman–Crippen MR) is 66.8 cm³/mol. The average molecular weight is 273 g/mol. The molecule has 1 aromatic carbocycles. The molecule has 1 N–H and O–H groups in total. The number of hydrogen-bond acceptors (Lipinski definition) is 2. The van der Waals surface area contributed by atoms with Gasteiger partial charge in [0, 0.05) is 18.2 Å². The molecule has 1 aromatic rings. The van der Waals surface area contributed by atoms with E-state index in [1.165, 1.54) is 12.1 Å². The summed E-state index contributed by atoms with van der Waals surface area (Å²) in [5, 5.41) is 3.42. The molecule has 2 unspecified atom stereocenters. The molecule has 19 heavy (non-hydrogen) atoms. The second-order valence-corrected chi connectivity index (χ2v) is 5.35. The minimum absolute atomic E-state index is 0.00557. The van der Waals surface area contributed by atoms with Crippen LogP contribution in [0.5, 0.6) is 0 Å². The maximum Gasteiger partial charge on any atom is 0.416 e. The van der Waals surface area contributed by atoms with Crippen LogP contribution in [0.25, 0.3) is 0 Å². The number of rotatable bonds is 3. The summed E-state index contributed by atoms with van der Waals surface area (Å²) in [6.45, 7) is 5.38. The zero-order chi connectivity index (χ0) is 14.1. The van der Waals surface area contributed by atoms with E-state index in [1.54, 1.807) is 0 Å². The van der Waals surface area contributed by atoms with E-state index in [-0.39, 0.29) is 11.6 Å². The normalized spacial score (nSPS) is 25.5. The van der Waals surface area contributed by atoms with Crippen LogP contribution in [0.15, 0.2) is 24.3 Å². The highest BCUT2D eigenvalue weighted by Gasteiger charge is 2.32. The van der Waals surface area contributed by atoms with Crippen LogP contribution in [-0.4, -0.2) is 18.8 Å². The number of halogens is 3. The van der Waals surface area contributed by atoms with Gasteiger partial charge >= 0.3 is 6.18 Å². The van der Waals surface area contributed by atoms with Crippen LogP contribution in [0.2, 0.25) is 0 Å². The topological polar surface area (TPSA) is 21.3 Å². The van der Waals surface area contributed by atoms with Gasteiger partial charge in [0.2, 0.25) is 0 Å². The lowest BCUT2D eigenvalue weighted by Crippen LogP contribution is -2.44. The molecule has 0 radical (unpaired) electrons. The van der Waals surface area contributed by atoms with Gasteiger partial charge < -0.3 is 10.1 Å². The molecule has 5 heteroatoms. The van der Waals surface area contributed by atoms with Crippen molar-refractivity contribution in [2.75, 3.05) is 13.2 Å². The molecule has 2 nitrogen and oxygen atoms in total. The fraction of sp³-hybridized carbons (Fsp3) is 0.571. The van der Waals surface area contributed by atoms with E-state index in [2.05, 4.69) is 12.2 Å². The summed E-state index contributed by atoms with van der Waals surface area (Å²) in [6, 6.07) is 5.30. The highest BCUT2D eigenvalue weighted by molar-refractivity contribution is 5.26. The van der Waals surface area contributed by atoms with E-state index in [4.69, 9.17) is 4.74 Å². The first-order chi connectivity index (χ1) is 8.80. The van der Waals surface area contributed by atoms with Crippen molar-refractivity contribution in [3.63, 3.8) is 0 Å². The van der Waals surface area contributed by atoms with Crippen molar-refractivity contribution in [1.82, 2.24) is 5.32 Å². The van der Waals surface area contributed by atoms with Gasteiger partial charge in [0.1, 0.15) is 0 Å². The Morgan fingerprint density at radius 3 is 2.37 bits per heavy atom. The Hall–Kier alpha value is -1.07. The van der Waals surface area contributed by atoms with Crippen molar-refractivity contribution in [3.05, 3.63) is 35.4 Å². The zero-order valence-electron chi connectivity index (χ0n) is 11.1. The molecular formula is C14H18F3NO. The molecule has 0 aliphatic carbocycles. The summed E-state index contributed by atoms with van der Waals surface area (Å²) in [7, 11) is 0. The second-order valence-electron chi connectivity index (χ2n) is 5.35. The Morgan fingerprint density at radius 2 is 1.89 bits per heavy atom. The van der Waals surface area contributed by atoms with Crippen LogP contribution < -0.4 is 5.32 Å². The van der Waals surface area contributed by atoms with Crippen molar-refractivity contribution < 1.29 is 17.9 Å². The molecule has 106 valence electrons. The minimum Gasteiger partial charge on any atom is -0.379 e. The first kappa shape index (κ1) is 14.3. The Balaban J connectivity index is 2.05. The van der Waals surface area contributed by atoms with Crippen molar-refractivity contribution in [2.24, 2.45) is 0 Å². The molecule has 1 fully saturated rings. The number of hydrogen-bond donors (Lipinski definition) is 1.